The van der Waals surface area contributed by atoms with Crippen molar-refractivity contribution in [2.24, 2.45) is 5.10 Å². The summed E-state index contributed by atoms with van der Waals surface area (Å²) >= 11 is 0. The van der Waals surface area contributed by atoms with Gasteiger partial charge in [0, 0.05) is 17.7 Å². The molecule has 3 rings (SSSR count). The van der Waals surface area contributed by atoms with E-state index >= 15 is 0 Å². The van der Waals surface area contributed by atoms with Crippen LogP contribution in [0.5, 0.6) is 0 Å². The molecule has 0 saturated carbocycles. The van der Waals surface area contributed by atoms with Gasteiger partial charge >= 0.3 is 0 Å². The second-order valence-electron chi connectivity index (χ2n) is 4.93. The van der Waals surface area contributed by atoms with Crippen LogP contribution in [0.3, 0.4) is 0 Å². The highest BCUT2D eigenvalue weighted by molar-refractivity contribution is 5.96. The Hall–Kier alpha value is -2.42. The maximum Gasteiger partial charge on any atom is 0.271 e. The fraction of sp³-hybridized carbons (Fsp3) is 0.176. The molecule has 0 saturated heterocycles. The molecule has 3 heteroatoms. The van der Waals surface area contributed by atoms with Crippen LogP contribution in [0.1, 0.15) is 27.9 Å². The van der Waals surface area contributed by atoms with Gasteiger partial charge < -0.3 is 0 Å². The summed E-state index contributed by atoms with van der Waals surface area (Å²) in [5.41, 5.74) is 7.02. The Morgan fingerprint density at radius 1 is 0.900 bits per heavy atom. The fourth-order valence-corrected chi connectivity index (χ4v) is 2.44. The predicted molar refractivity (Wildman–Crippen MR) is 79.8 cm³/mol. The summed E-state index contributed by atoms with van der Waals surface area (Å²) in [6, 6.07) is 17.6. The van der Waals surface area contributed by atoms with Crippen molar-refractivity contribution in [2.45, 2.75) is 19.3 Å². The minimum atomic E-state index is -0.156. The summed E-state index contributed by atoms with van der Waals surface area (Å²) in [5.74, 6) is -0.156. The van der Waals surface area contributed by atoms with Gasteiger partial charge in [-0.15, -0.1) is 0 Å². The van der Waals surface area contributed by atoms with Gasteiger partial charge in [-0.05, 0) is 36.1 Å². The topological polar surface area (TPSA) is 41.5 Å². The van der Waals surface area contributed by atoms with E-state index < -0.39 is 0 Å². The smallest absolute Gasteiger partial charge is 0.267 e. The quantitative estimate of drug-likeness (QED) is 0.832. The molecule has 3 nitrogen and oxygen atoms in total. The van der Waals surface area contributed by atoms with Crippen LogP contribution in [0.4, 0.5) is 0 Å². The molecule has 1 aliphatic carbocycles. The molecular weight excluding hydrogens is 248 g/mol. The summed E-state index contributed by atoms with van der Waals surface area (Å²) in [5, 5.41) is 4.28. The van der Waals surface area contributed by atoms with E-state index in [2.05, 4.69) is 28.7 Å². The van der Waals surface area contributed by atoms with E-state index in [1.807, 2.05) is 24.3 Å². The third-order valence-electron chi connectivity index (χ3n) is 3.55. The van der Waals surface area contributed by atoms with Crippen LogP contribution in [0.2, 0.25) is 0 Å². The van der Waals surface area contributed by atoms with Gasteiger partial charge in [0.15, 0.2) is 0 Å². The zero-order valence-corrected chi connectivity index (χ0v) is 11.2. The van der Waals surface area contributed by atoms with Gasteiger partial charge in [0.1, 0.15) is 0 Å². The Labute approximate surface area is 118 Å². The highest BCUT2D eigenvalue weighted by Gasteiger charge is 2.13. The molecule has 0 fully saturated rings. The van der Waals surface area contributed by atoms with Crippen molar-refractivity contribution in [1.82, 2.24) is 5.43 Å². The van der Waals surface area contributed by atoms with Crippen LogP contribution in [0.25, 0.3) is 0 Å². The standard InChI is InChI=1S/C17H16N2O/c20-17(14-7-2-1-3-8-14)19-18-16-11-10-13-6-4-5-9-15(13)12-16/h1-9H,10-12H2,(H,19,20)/b18-16-. The molecule has 0 spiro atoms. The number of amides is 1. The molecule has 0 atom stereocenters. The average Bonchev–Trinajstić information content (AvgIpc) is 2.53. The Kier molecular flexibility index (Phi) is 3.59. The monoisotopic (exact) mass is 264 g/mol. The fourth-order valence-electron chi connectivity index (χ4n) is 2.44. The maximum absolute atomic E-state index is 11.9. The van der Waals surface area contributed by atoms with E-state index in [1.54, 1.807) is 12.1 Å². The van der Waals surface area contributed by atoms with Crippen LogP contribution in [0.15, 0.2) is 59.7 Å². The molecule has 0 bridgehead atoms. The van der Waals surface area contributed by atoms with Crippen molar-refractivity contribution >= 4 is 11.6 Å². The second-order valence-corrected chi connectivity index (χ2v) is 4.93. The van der Waals surface area contributed by atoms with Gasteiger partial charge in [-0.1, -0.05) is 42.5 Å². The molecule has 2 aromatic carbocycles. The molecule has 0 unspecified atom stereocenters. The average molecular weight is 264 g/mol. The zero-order chi connectivity index (χ0) is 13.8. The molecule has 2 aromatic rings. The first-order valence-corrected chi connectivity index (χ1v) is 6.80. The Morgan fingerprint density at radius 2 is 1.60 bits per heavy atom. The lowest BCUT2D eigenvalue weighted by Gasteiger charge is -2.17. The Balaban J connectivity index is 1.68. The number of carbonyl (C=O) groups is 1. The molecule has 100 valence electrons. The Bertz CT molecular complexity index is 647. The van der Waals surface area contributed by atoms with E-state index in [9.17, 15) is 4.79 Å². The summed E-state index contributed by atoms with van der Waals surface area (Å²) in [4.78, 5) is 11.9. The minimum absolute atomic E-state index is 0.156. The molecule has 20 heavy (non-hydrogen) atoms. The molecule has 0 aliphatic heterocycles. The van der Waals surface area contributed by atoms with Gasteiger partial charge in [-0.25, -0.2) is 5.43 Å². The summed E-state index contributed by atoms with van der Waals surface area (Å²) in [6.07, 6.45) is 2.73. The van der Waals surface area contributed by atoms with Crippen molar-refractivity contribution < 1.29 is 4.79 Å². The summed E-state index contributed by atoms with van der Waals surface area (Å²) in [6.45, 7) is 0. The lowest BCUT2D eigenvalue weighted by molar-refractivity contribution is 0.0954. The normalized spacial score (nSPS) is 15.7. The van der Waals surface area contributed by atoms with Crippen LogP contribution in [-0.2, 0) is 12.8 Å². The summed E-state index contributed by atoms with van der Waals surface area (Å²) < 4.78 is 0. The number of nitrogens with zero attached hydrogens (tertiary/aromatic N) is 1. The van der Waals surface area contributed by atoms with Crippen LogP contribution in [0, 0.1) is 0 Å². The van der Waals surface area contributed by atoms with Crippen molar-refractivity contribution in [2.75, 3.05) is 0 Å². The number of hydrogen-bond acceptors (Lipinski definition) is 2. The third-order valence-corrected chi connectivity index (χ3v) is 3.55. The Morgan fingerprint density at radius 3 is 2.40 bits per heavy atom. The number of hydrazone groups is 1. The van der Waals surface area contributed by atoms with Crippen LogP contribution in [-0.4, -0.2) is 11.6 Å². The molecule has 0 heterocycles. The van der Waals surface area contributed by atoms with Gasteiger partial charge in [0.05, 0.1) is 0 Å². The molecule has 1 N–H and O–H groups in total. The number of carbonyl (C=O) groups excluding carboxylic acids is 1. The number of nitrogens with one attached hydrogen (secondary N) is 1. The lowest BCUT2D eigenvalue weighted by atomic mass is 9.90. The zero-order valence-electron chi connectivity index (χ0n) is 11.2. The van der Waals surface area contributed by atoms with E-state index in [-0.39, 0.29) is 5.91 Å². The number of aryl methyl sites for hydroxylation is 1. The van der Waals surface area contributed by atoms with E-state index in [0.717, 1.165) is 25.0 Å². The largest absolute Gasteiger partial charge is 0.271 e. The molecule has 0 radical (unpaired) electrons. The minimum Gasteiger partial charge on any atom is -0.267 e. The lowest BCUT2D eigenvalue weighted by Crippen LogP contribution is -2.22. The molecule has 0 aromatic heterocycles. The maximum atomic E-state index is 11.9. The van der Waals surface area contributed by atoms with Crippen molar-refractivity contribution in [3.05, 3.63) is 71.3 Å². The third kappa shape index (κ3) is 2.77. The van der Waals surface area contributed by atoms with E-state index in [4.69, 9.17) is 0 Å². The highest BCUT2D eigenvalue weighted by Crippen LogP contribution is 2.18. The van der Waals surface area contributed by atoms with E-state index in [0.29, 0.717) is 5.56 Å². The molecule has 1 amide bonds. The predicted octanol–water partition coefficient (Wildman–Crippen LogP) is 2.96. The molecular formula is C17H16N2O. The highest BCUT2D eigenvalue weighted by atomic mass is 16.2. The summed E-state index contributed by atoms with van der Waals surface area (Å²) in [7, 11) is 0. The van der Waals surface area contributed by atoms with Gasteiger partial charge in [-0.3, -0.25) is 4.79 Å². The van der Waals surface area contributed by atoms with Gasteiger partial charge in [0.2, 0.25) is 0 Å². The number of hydrogen-bond donors (Lipinski definition) is 1. The van der Waals surface area contributed by atoms with Crippen LogP contribution >= 0.6 is 0 Å². The van der Waals surface area contributed by atoms with E-state index in [1.165, 1.54) is 11.1 Å². The number of benzene rings is 2. The first-order valence-electron chi connectivity index (χ1n) is 6.80. The number of rotatable bonds is 2. The van der Waals surface area contributed by atoms with Crippen molar-refractivity contribution in [3.8, 4) is 0 Å². The molecule has 1 aliphatic rings. The van der Waals surface area contributed by atoms with Gasteiger partial charge in [-0.2, -0.15) is 5.10 Å². The first-order chi connectivity index (χ1) is 9.83. The van der Waals surface area contributed by atoms with Gasteiger partial charge in [0.25, 0.3) is 5.91 Å². The van der Waals surface area contributed by atoms with Crippen LogP contribution < -0.4 is 5.43 Å². The second kappa shape index (κ2) is 5.70. The number of fused-ring (bicyclic) bond motifs is 1. The van der Waals surface area contributed by atoms with Crippen molar-refractivity contribution in [3.63, 3.8) is 0 Å². The van der Waals surface area contributed by atoms with Crippen molar-refractivity contribution in [1.29, 1.82) is 0 Å². The SMILES string of the molecule is O=C(N/N=C1/CCc2ccccc2C1)c1ccccc1. The first kappa shape index (κ1) is 12.6.